The summed E-state index contributed by atoms with van der Waals surface area (Å²) >= 11 is 5.25. The summed E-state index contributed by atoms with van der Waals surface area (Å²) in [4.78, 5) is 4.10. The molecule has 0 aliphatic heterocycles. The summed E-state index contributed by atoms with van der Waals surface area (Å²) in [7, 11) is 1.58. The lowest BCUT2D eigenvalue weighted by Crippen LogP contribution is -2.19. The Kier molecular flexibility index (Phi) is 5.34. The molecule has 0 atom stereocenters. The third-order valence-corrected chi connectivity index (χ3v) is 2.83. The number of methoxy groups -OCH3 is 1. The van der Waals surface area contributed by atoms with Crippen LogP contribution < -0.4 is 20.1 Å². The lowest BCUT2D eigenvalue weighted by atomic mass is 10.3. The molecule has 2 rings (SSSR count). The number of anilines is 2. The monoisotopic (exact) mass is 303 g/mol. The Morgan fingerprint density at radius 3 is 2.33 bits per heavy atom. The van der Waals surface area contributed by atoms with Gasteiger partial charge in [0.1, 0.15) is 5.75 Å². The minimum atomic E-state index is 0.492. The van der Waals surface area contributed by atoms with Crippen molar-refractivity contribution in [2.24, 2.45) is 0 Å². The fourth-order valence-electron chi connectivity index (χ4n) is 1.67. The van der Waals surface area contributed by atoms with Crippen LogP contribution in [-0.4, -0.2) is 23.8 Å². The van der Waals surface area contributed by atoms with Gasteiger partial charge in [-0.05, 0) is 49.5 Å². The summed E-state index contributed by atoms with van der Waals surface area (Å²) in [5.41, 5.74) is 1.68. The molecule has 110 valence electrons. The first kappa shape index (κ1) is 15.1. The zero-order valence-electron chi connectivity index (χ0n) is 11.9. The highest BCUT2D eigenvalue weighted by Gasteiger charge is 2.01. The molecule has 0 unspecified atom stereocenters. The maximum atomic E-state index is 5.39. The average molecular weight is 303 g/mol. The predicted octanol–water partition coefficient (Wildman–Crippen LogP) is 3.30. The van der Waals surface area contributed by atoms with Crippen LogP contribution in [0.15, 0.2) is 42.6 Å². The van der Waals surface area contributed by atoms with Gasteiger partial charge >= 0.3 is 0 Å². The standard InChI is InChI=1S/C15H17N3O2S/c1-3-20-13-7-4-11(5-8-13)17-15(21)18-12-6-9-14(19-2)16-10-12/h4-10H,3H2,1-2H3,(H2,17,18,21). The third kappa shape index (κ3) is 4.61. The van der Waals surface area contributed by atoms with E-state index in [1.807, 2.05) is 37.3 Å². The second-order valence-electron chi connectivity index (χ2n) is 4.13. The van der Waals surface area contributed by atoms with E-state index in [9.17, 15) is 0 Å². The first-order chi connectivity index (χ1) is 10.2. The van der Waals surface area contributed by atoms with E-state index >= 15 is 0 Å². The molecule has 6 heteroatoms. The third-order valence-electron chi connectivity index (χ3n) is 2.63. The zero-order valence-corrected chi connectivity index (χ0v) is 12.7. The van der Waals surface area contributed by atoms with Crippen molar-refractivity contribution in [3.63, 3.8) is 0 Å². The molecule has 0 aliphatic carbocycles. The molecule has 21 heavy (non-hydrogen) atoms. The van der Waals surface area contributed by atoms with E-state index in [1.165, 1.54) is 0 Å². The number of rotatable bonds is 5. The van der Waals surface area contributed by atoms with Gasteiger partial charge in [-0.2, -0.15) is 0 Å². The van der Waals surface area contributed by atoms with Gasteiger partial charge in [0.25, 0.3) is 0 Å². The van der Waals surface area contributed by atoms with Crippen molar-refractivity contribution in [3.8, 4) is 11.6 Å². The lowest BCUT2D eigenvalue weighted by Gasteiger charge is -2.11. The van der Waals surface area contributed by atoms with E-state index in [0.29, 0.717) is 17.6 Å². The van der Waals surface area contributed by atoms with Gasteiger partial charge in [0, 0.05) is 11.8 Å². The normalized spacial score (nSPS) is 9.81. The number of hydrogen-bond donors (Lipinski definition) is 2. The first-order valence-electron chi connectivity index (χ1n) is 6.52. The van der Waals surface area contributed by atoms with Crippen molar-refractivity contribution in [1.82, 2.24) is 4.98 Å². The van der Waals surface area contributed by atoms with Crippen LogP contribution in [0.4, 0.5) is 11.4 Å². The van der Waals surface area contributed by atoms with Crippen LogP contribution in [0.5, 0.6) is 11.6 Å². The van der Waals surface area contributed by atoms with Crippen molar-refractivity contribution in [2.75, 3.05) is 24.4 Å². The van der Waals surface area contributed by atoms with E-state index in [1.54, 1.807) is 19.4 Å². The molecule has 0 spiro atoms. The van der Waals surface area contributed by atoms with E-state index in [0.717, 1.165) is 17.1 Å². The number of aromatic nitrogens is 1. The highest BCUT2D eigenvalue weighted by atomic mass is 32.1. The van der Waals surface area contributed by atoms with Gasteiger partial charge in [-0.25, -0.2) is 4.98 Å². The summed E-state index contributed by atoms with van der Waals surface area (Å²) in [5, 5.41) is 6.64. The predicted molar refractivity (Wildman–Crippen MR) is 88.2 cm³/mol. The molecular weight excluding hydrogens is 286 g/mol. The summed E-state index contributed by atoms with van der Waals surface area (Å²) in [6.45, 7) is 2.60. The van der Waals surface area contributed by atoms with Crippen LogP contribution in [0.3, 0.4) is 0 Å². The number of thiocarbonyl (C=S) groups is 1. The fraction of sp³-hybridized carbons (Fsp3) is 0.200. The molecule has 0 amide bonds. The van der Waals surface area contributed by atoms with Crippen LogP contribution in [0, 0.1) is 0 Å². The van der Waals surface area contributed by atoms with Crippen molar-refractivity contribution < 1.29 is 9.47 Å². The molecule has 2 aromatic rings. The number of nitrogens with zero attached hydrogens (tertiary/aromatic N) is 1. The molecule has 0 fully saturated rings. The van der Waals surface area contributed by atoms with Gasteiger partial charge in [0.15, 0.2) is 5.11 Å². The molecule has 1 aromatic heterocycles. The molecular formula is C15H17N3O2S. The number of ether oxygens (including phenoxy) is 2. The average Bonchev–Trinajstić information content (AvgIpc) is 2.50. The smallest absolute Gasteiger partial charge is 0.213 e. The highest BCUT2D eigenvalue weighted by molar-refractivity contribution is 7.80. The highest BCUT2D eigenvalue weighted by Crippen LogP contribution is 2.16. The van der Waals surface area contributed by atoms with Gasteiger partial charge < -0.3 is 20.1 Å². The molecule has 2 N–H and O–H groups in total. The summed E-state index contributed by atoms with van der Waals surface area (Å²) in [5.74, 6) is 1.40. The molecule has 0 radical (unpaired) electrons. The van der Waals surface area contributed by atoms with Crippen LogP contribution in [0.2, 0.25) is 0 Å². The van der Waals surface area contributed by atoms with Crippen molar-refractivity contribution in [1.29, 1.82) is 0 Å². The largest absolute Gasteiger partial charge is 0.494 e. The summed E-state index contributed by atoms with van der Waals surface area (Å²) < 4.78 is 10.4. The minimum Gasteiger partial charge on any atom is -0.494 e. The number of pyridine rings is 1. The van der Waals surface area contributed by atoms with E-state index in [4.69, 9.17) is 21.7 Å². The maximum Gasteiger partial charge on any atom is 0.213 e. The van der Waals surface area contributed by atoms with Crippen molar-refractivity contribution in [2.45, 2.75) is 6.92 Å². The summed E-state index contributed by atoms with van der Waals surface area (Å²) in [6, 6.07) is 11.2. The SMILES string of the molecule is CCOc1ccc(NC(=S)Nc2ccc(OC)nc2)cc1. The Morgan fingerprint density at radius 1 is 1.10 bits per heavy atom. The summed E-state index contributed by atoms with van der Waals surface area (Å²) in [6.07, 6.45) is 1.66. The van der Waals surface area contributed by atoms with Crippen LogP contribution in [0.1, 0.15) is 6.92 Å². The molecule has 0 aliphatic rings. The Hall–Kier alpha value is -2.34. The Balaban J connectivity index is 1.91. The van der Waals surface area contributed by atoms with Crippen LogP contribution in [0.25, 0.3) is 0 Å². The molecule has 0 saturated heterocycles. The Labute approximate surface area is 129 Å². The minimum absolute atomic E-state index is 0.492. The van der Waals surface area contributed by atoms with Gasteiger partial charge in [-0.15, -0.1) is 0 Å². The molecule has 1 aromatic carbocycles. The van der Waals surface area contributed by atoms with Crippen LogP contribution >= 0.6 is 12.2 Å². The number of benzene rings is 1. The zero-order chi connectivity index (χ0) is 15.1. The molecule has 1 heterocycles. The first-order valence-corrected chi connectivity index (χ1v) is 6.93. The van der Waals surface area contributed by atoms with Crippen LogP contribution in [-0.2, 0) is 0 Å². The van der Waals surface area contributed by atoms with Crippen molar-refractivity contribution in [3.05, 3.63) is 42.6 Å². The van der Waals surface area contributed by atoms with E-state index < -0.39 is 0 Å². The van der Waals surface area contributed by atoms with Crippen molar-refractivity contribution >= 4 is 28.7 Å². The van der Waals surface area contributed by atoms with E-state index in [2.05, 4.69) is 15.6 Å². The fourth-order valence-corrected chi connectivity index (χ4v) is 1.91. The number of hydrogen-bond acceptors (Lipinski definition) is 4. The Morgan fingerprint density at radius 2 is 1.76 bits per heavy atom. The van der Waals surface area contributed by atoms with E-state index in [-0.39, 0.29) is 0 Å². The number of nitrogens with one attached hydrogen (secondary N) is 2. The maximum absolute atomic E-state index is 5.39. The quantitative estimate of drug-likeness (QED) is 0.827. The van der Waals surface area contributed by atoms with Gasteiger partial charge in [0.05, 0.1) is 25.6 Å². The van der Waals surface area contributed by atoms with Gasteiger partial charge in [-0.1, -0.05) is 0 Å². The Bertz CT molecular complexity index is 585. The lowest BCUT2D eigenvalue weighted by molar-refractivity contribution is 0.340. The second kappa shape index (κ2) is 7.44. The molecule has 5 nitrogen and oxygen atoms in total. The van der Waals surface area contributed by atoms with Gasteiger partial charge in [0.2, 0.25) is 5.88 Å². The topological polar surface area (TPSA) is 55.4 Å². The molecule has 0 saturated carbocycles. The second-order valence-corrected chi connectivity index (χ2v) is 4.53. The van der Waals surface area contributed by atoms with Gasteiger partial charge in [-0.3, -0.25) is 0 Å². The molecule has 0 bridgehead atoms.